The van der Waals surface area contributed by atoms with Crippen LogP contribution in [0.1, 0.15) is 17.1 Å². The minimum Gasteiger partial charge on any atom is -0.326 e. The first kappa shape index (κ1) is 18.5. The van der Waals surface area contributed by atoms with E-state index < -0.39 is 0 Å². The van der Waals surface area contributed by atoms with Gasteiger partial charge >= 0.3 is 0 Å². The summed E-state index contributed by atoms with van der Waals surface area (Å²) in [7, 11) is 0. The molecule has 2 aromatic heterocycles. The fourth-order valence-electron chi connectivity index (χ4n) is 3.23. The first-order chi connectivity index (χ1) is 13.9. The van der Waals surface area contributed by atoms with E-state index in [9.17, 15) is 14.0 Å². The number of rotatable bonds is 4. The highest BCUT2D eigenvalue weighted by Crippen LogP contribution is 2.23. The smallest absolute Gasteiger partial charge is 0.264 e. The molecule has 2 N–H and O–H groups in total. The van der Waals surface area contributed by atoms with Crippen molar-refractivity contribution in [3.8, 4) is 11.1 Å². The van der Waals surface area contributed by atoms with Gasteiger partial charge < -0.3 is 5.32 Å². The molecule has 8 heteroatoms. The summed E-state index contributed by atoms with van der Waals surface area (Å²) in [6, 6.07) is 13.3. The van der Waals surface area contributed by atoms with Crippen LogP contribution in [0.2, 0.25) is 0 Å². The first-order valence-electron chi connectivity index (χ1n) is 9.01. The molecule has 0 unspecified atom stereocenters. The van der Waals surface area contributed by atoms with E-state index in [4.69, 9.17) is 0 Å². The lowest BCUT2D eigenvalue weighted by molar-refractivity contribution is -0.115. The Morgan fingerprint density at radius 3 is 2.62 bits per heavy atom. The Labute approximate surface area is 165 Å². The van der Waals surface area contributed by atoms with Gasteiger partial charge in [-0.05, 0) is 49.2 Å². The predicted octanol–water partition coefficient (Wildman–Crippen LogP) is 3.02. The number of hydrogen-bond donors (Lipinski definition) is 2. The van der Waals surface area contributed by atoms with Crippen LogP contribution >= 0.6 is 0 Å². The molecule has 29 heavy (non-hydrogen) atoms. The lowest BCUT2D eigenvalue weighted by atomic mass is 10.0. The van der Waals surface area contributed by atoms with E-state index in [0.29, 0.717) is 34.1 Å². The van der Waals surface area contributed by atoms with Crippen LogP contribution in [0, 0.1) is 19.7 Å². The molecular weight excluding hydrogens is 373 g/mol. The van der Waals surface area contributed by atoms with Crippen molar-refractivity contribution < 1.29 is 9.18 Å². The van der Waals surface area contributed by atoms with E-state index in [-0.39, 0.29) is 23.7 Å². The number of anilines is 1. The summed E-state index contributed by atoms with van der Waals surface area (Å²) >= 11 is 0. The zero-order valence-electron chi connectivity index (χ0n) is 15.9. The van der Waals surface area contributed by atoms with E-state index in [2.05, 4.69) is 20.5 Å². The van der Waals surface area contributed by atoms with E-state index in [1.54, 1.807) is 44.2 Å². The van der Waals surface area contributed by atoms with Crippen molar-refractivity contribution in [3.05, 3.63) is 81.8 Å². The maximum absolute atomic E-state index is 13.5. The molecule has 2 heterocycles. The number of carbonyl (C=O) groups excluding carboxylic acids is 1. The summed E-state index contributed by atoms with van der Waals surface area (Å²) in [4.78, 5) is 29.6. The summed E-state index contributed by atoms with van der Waals surface area (Å²) in [6.45, 7) is 3.37. The molecule has 0 atom stereocenters. The fourth-order valence-corrected chi connectivity index (χ4v) is 3.23. The molecule has 0 bridgehead atoms. The largest absolute Gasteiger partial charge is 0.326 e. The number of nitrogens with zero attached hydrogens (tertiary/aromatic N) is 3. The Hall–Kier alpha value is -3.81. The normalized spacial score (nSPS) is 11.0. The molecule has 7 nitrogen and oxygen atoms in total. The quantitative estimate of drug-likeness (QED) is 0.559. The molecule has 0 spiro atoms. The average molecular weight is 391 g/mol. The standard InChI is InChI=1S/C21H18FN5O2/c1-12-18(20(29)27-13(2)25-26-21(27)23-12)11-19(28)24-17-8-4-6-15(10-17)14-5-3-7-16(22)9-14/h3-10H,11H2,1-2H3,(H,23,26)(H,24,28). The SMILES string of the molecule is Cc1nc2[nH]nc(C)n2c(=O)c1CC(=O)Nc1cccc(-c2cccc(F)c2)c1. The lowest BCUT2D eigenvalue weighted by Crippen LogP contribution is -2.26. The molecule has 0 saturated heterocycles. The van der Waals surface area contributed by atoms with Crippen molar-refractivity contribution in [1.29, 1.82) is 0 Å². The number of benzene rings is 2. The first-order valence-corrected chi connectivity index (χ1v) is 9.01. The number of amides is 1. The summed E-state index contributed by atoms with van der Waals surface area (Å²) in [5.41, 5.74) is 2.51. The Bertz CT molecular complexity index is 1290. The third-order valence-electron chi connectivity index (χ3n) is 4.67. The second-order valence-electron chi connectivity index (χ2n) is 6.73. The molecule has 4 rings (SSSR count). The Kier molecular flexibility index (Phi) is 4.67. The second kappa shape index (κ2) is 7.31. The third-order valence-corrected chi connectivity index (χ3v) is 4.67. The molecule has 146 valence electrons. The highest BCUT2D eigenvalue weighted by Gasteiger charge is 2.16. The van der Waals surface area contributed by atoms with Gasteiger partial charge in [0.15, 0.2) is 0 Å². The van der Waals surface area contributed by atoms with Crippen molar-refractivity contribution in [2.75, 3.05) is 5.32 Å². The second-order valence-corrected chi connectivity index (χ2v) is 6.73. The van der Waals surface area contributed by atoms with Gasteiger partial charge in [-0.1, -0.05) is 24.3 Å². The van der Waals surface area contributed by atoms with Gasteiger partial charge in [-0.15, -0.1) is 0 Å². The van der Waals surface area contributed by atoms with Crippen LogP contribution in [0.4, 0.5) is 10.1 Å². The molecule has 0 aliphatic heterocycles. The third kappa shape index (κ3) is 3.64. The number of hydrogen-bond acceptors (Lipinski definition) is 4. The Morgan fingerprint density at radius 2 is 1.86 bits per heavy atom. The predicted molar refractivity (Wildman–Crippen MR) is 107 cm³/mol. The van der Waals surface area contributed by atoms with Crippen molar-refractivity contribution in [1.82, 2.24) is 19.6 Å². The van der Waals surface area contributed by atoms with Crippen molar-refractivity contribution in [2.24, 2.45) is 0 Å². The van der Waals surface area contributed by atoms with Gasteiger partial charge in [0.1, 0.15) is 11.6 Å². The summed E-state index contributed by atoms with van der Waals surface area (Å²) < 4.78 is 14.8. The Morgan fingerprint density at radius 1 is 1.14 bits per heavy atom. The molecule has 0 saturated carbocycles. The number of fused-ring (bicyclic) bond motifs is 1. The van der Waals surface area contributed by atoms with Crippen LogP contribution in [0.5, 0.6) is 0 Å². The number of nitrogens with one attached hydrogen (secondary N) is 2. The minimum atomic E-state index is -0.343. The maximum Gasteiger partial charge on any atom is 0.264 e. The minimum absolute atomic E-state index is 0.116. The molecular formula is C21H18FN5O2. The number of carbonyl (C=O) groups is 1. The van der Waals surface area contributed by atoms with Gasteiger partial charge in [0.2, 0.25) is 11.7 Å². The van der Waals surface area contributed by atoms with Gasteiger partial charge in [-0.3, -0.25) is 9.59 Å². The van der Waals surface area contributed by atoms with E-state index in [1.807, 2.05) is 6.07 Å². The number of halogens is 1. The number of aromatic amines is 1. The van der Waals surface area contributed by atoms with Crippen LogP contribution in [0.25, 0.3) is 16.9 Å². The van der Waals surface area contributed by atoms with Crippen molar-refractivity contribution in [3.63, 3.8) is 0 Å². The van der Waals surface area contributed by atoms with E-state index in [1.165, 1.54) is 16.5 Å². The number of aryl methyl sites for hydroxylation is 2. The van der Waals surface area contributed by atoms with Gasteiger partial charge in [-0.25, -0.2) is 18.9 Å². The van der Waals surface area contributed by atoms with Crippen LogP contribution in [0.3, 0.4) is 0 Å². The molecule has 0 fully saturated rings. The molecule has 1 amide bonds. The van der Waals surface area contributed by atoms with Crippen molar-refractivity contribution >= 4 is 17.4 Å². The van der Waals surface area contributed by atoms with E-state index >= 15 is 0 Å². The van der Waals surface area contributed by atoms with Gasteiger partial charge in [0.05, 0.1) is 12.1 Å². The highest BCUT2D eigenvalue weighted by atomic mass is 19.1. The summed E-state index contributed by atoms with van der Waals surface area (Å²) in [6.07, 6.45) is -0.116. The number of H-pyrrole nitrogens is 1. The fraction of sp³-hybridized carbons (Fsp3) is 0.143. The number of aromatic nitrogens is 4. The van der Waals surface area contributed by atoms with Crippen molar-refractivity contribution in [2.45, 2.75) is 20.3 Å². The Balaban J connectivity index is 1.58. The summed E-state index contributed by atoms with van der Waals surface area (Å²) in [5, 5.41) is 9.46. The van der Waals surface area contributed by atoms with Gasteiger partial charge in [0.25, 0.3) is 5.56 Å². The molecule has 0 aliphatic carbocycles. The molecule has 4 aromatic rings. The molecule has 0 radical (unpaired) electrons. The lowest BCUT2D eigenvalue weighted by Gasteiger charge is -2.09. The zero-order chi connectivity index (χ0) is 20.5. The van der Waals surface area contributed by atoms with Crippen LogP contribution in [-0.4, -0.2) is 25.5 Å². The molecule has 0 aliphatic rings. The van der Waals surface area contributed by atoms with Crippen LogP contribution in [-0.2, 0) is 11.2 Å². The average Bonchev–Trinajstić information content (AvgIpc) is 3.06. The monoisotopic (exact) mass is 391 g/mol. The van der Waals surface area contributed by atoms with Crippen LogP contribution in [0.15, 0.2) is 53.3 Å². The summed E-state index contributed by atoms with van der Waals surface area (Å²) in [5.74, 6) is 0.147. The zero-order valence-corrected chi connectivity index (χ0v) is 15.9. The van der Waals surface area contributed by atoms with Crippen LogP contribution < -0.4 is 10.9 Å². The maximum atomic E-state index is 13.5. The molecule has 2 aromatic carbocycles. The topological polar surface area (TPSA) is 92.2 Å². The van der Waals surface area contributed by atoms with E-state index in [0.717, 1.165) is 5.56 Å². The van der Waals surface area contributed by atoms with Gasteiger partial charge in [0, 0.05) is 11.3 Å². The van der Waals surface area contributed by atoms with Gasteiger partial charge in [-0.2, -0.15) is 5.10 Å². The highest BCUT2D eigenvalue weighted by molar-refractivity contribution is 5.93.